The van der Waals surface area contributed by atoms with E-state index in [0.717, 1.165) is 19.4 Å². The maximum absolute atomic E-state index is 6.20. The van der Waals surface area contributed by atoms with Crippen molar-refractivity contribution >= 4 is 0 Å². The Bertz CT molecular complexity index is 338. The molecular formula is C16H26N2. The molecule has 1 aliphatic carbocycles. The monoisotopic (exact) mass is 246 g/mol. The largest absolute Gasteiger partial charge is 0.327 e. The third-order valence-electron chi connectivity index (χ3n) is 4.37. The zero-order valence-electron chi connectivity index (χ0n) is 11.5. The first kappa shape index (κ1) is 13.6. The molecule has 0 aliphatic heterocycles. The van der Waals surface area contributed by atoms with Crippen molar-refractivity contribution in [3.63, 3.8) is 0 Å². The summed E-state index contributed by atoms with van der Waals surface area (Å²) in [6, 6.07) is 10.9. The average molecular weight is 246 g/mol. The van der Waals surface area contributed by atoms with Crippen LogP contribution in [0.3, 0.4) is 0 Å². The van der Waals surface area contributed by atoms with Gasteiger partial charge in [-0.15, -0.1) is 0 Å². The van der Waals surface area contributed by atoms with Crippen LogP contribution in [0.1, 0.15) is 44.6 Å². The predicted octanol–water partition coefficient (Wildman–Crippen LogP) is 2.87. The summed E-state index contributed by atoms with van der Waals surface area (Å²) in [5.41, 5.74) is 8.01. The minimum Gasteiger partial charge on any atom is -0.327 e. The minimum atomic E-state index is 0.272. The van der Waals surface area contributed by atoms with Crippen LogP contribution in [0.15, 0.2) is 30.3 Å². The van der Waals surface area contributed by atoms with Gasteiger partial charge in [0.05, 0.1) is 0 Å². The van der Waals surface area contributed by atoms with E-state index in [1.165, 1.54) is 31.2 Å². The molecular weight excluding hydrogens is 220 g/mol. The molecule has 18 heavy (non-hydrogen) atoms. The molecule has 1 saturated carbocycles. The Balaban J connectivity index is 1.67. The van der Waals surface area contributed by atoms with Crippen molar-refractivity contribution in [1.82, 2.24) is 5.32 Å². The number of hydrogen-bond donors (Lipinski definition) is 2. The highest BCUT2D eigenvalue weighted by Gasteiger charge is 2.34. The van der Waals surface area contributed by atoms with Gasteiger partial charge in [0.15, 0.2) is 0 Å². The lowest BCUT2D eigenvalue weighted by molar-refractivity contribution is 0.174. The molecule has 0 unspecified atom stereocenters. The van der Waals surface area contributed by atoms with Crippen LogP contribution in [-0.2, 0) is 6.42 Å². The lowest BCUT2D eigenvalue weighted by Gasteiger charge is -2.43. The lowest BCUT2D eigenvalue weighted by Crippen LogP contribution is -2.53. The standard InChI is InChI=1S/C16H26N2/c1-2-16(11-6-12-16)18-13-15(17)10-9-14-7-4-3-5-8-14/h3-5,7-8,15,18H,2,6,9-13,17H2,1H3/t15-/m0/s1. The number of rotatable bonds is 7. The Morgan fingerprint density at radius 3 is 2.56 bits per heavy atom. The highest BCUT2D eigenvalue weighted by molar-refractivity contribution is 5.14. The third-order valence-corrected chi connectivity index (χ3v) is 4.37. The maximum atomic E-state index is 6.20. The third kappa shape index (κ3) is 3.56. The number of nitrogens with two attached hydrogens (primary N) is 1. The molecule has 2 rings (SSSR count). The van der Waals surface area contributed by atoms with Crippen molar-refractivity contribution in [3.05, 3.63) is 35.9 Å². The first-order valence-corrected chi connectivity index (χ1v) is 7.29. The summed E-state index contributed by atoms with van der Waals surface area (Å²) in [4.78, 5) is 0. The molecule has 0 heterocycles. The Morgan fingerprint density at radius 2 is 2.00 bits per heavy atom. The second-order valence-corrected chi connectivity index (χ2v) is 5.65. The summed E-state index contributed by atoms with van der Waals surface area (Å²) in [6.07, 6.45) is 7.42. The van der Waals surface area contributed by atoms with E-state index in [1.807, 2.05) is 0 Å². The Hall–Kier alpha value is -0.860. The smallest absolute Gasteiger partial charge is 0.0179 e. The van der Waals surface area contributed by atoms with E-state index >= 15 is 0 Å². The van der Waals surface area contributed by atoms with Crippen LogP contribution in [0.5, 0.6) is 0 Å². The van der Waals surface area contributed by atoms with Crippen LogP contribution in [0.2, 0.25) is 0 Å². The van der Waals surface area contributed by atoms with Gasteiger partial charge in [-0.2, -0.15) is 0 Å². The fraction of sp³-hybridized carbons (Fsp3) is 0.625. The lowest BCUT2D eigenvalue weighted by atomic mass is 9.75. The molecule has 1 aliphatic rings. The normalized spacial score (nSPS) is 19.2. The van der Waals surface area contributed by atoms with E-state index in [1.54, 1.807) is 0 Å². The Morgan fingerprint density at radius 1 is 1.28 bits per heavy atom. The topological polar surface area (TPSA) is 38.0 Å². The van der Waals surface area contributed by atoms with Crippen molar-refractivity contribution in [3.8, 4) is 0 Å². The van der Waals surface area contributed by atoms with Crippen molar-refractivity contribution in [2.45, 2.75) is 57.0 Å². The van der Waals surface area contributed by atoms with Crippen molar-refractivity contribution in [1.29, 1.82) is 0 Å². The van der Waals surface area contributed by atoms with Crippen molar-refractivity contribution in [2.75, 3.05) is 6.54 Å². The van der Waals surface area contributed by atoms with E-state index in [0.29, 0.717) is 5.54 Å². The Labute approximate surface area is 111 Å². The van der Waals surface area contributed by atoms with Crippen molar-refractivity contribution < 1.29 is 0 Å². The van der Waals surface area contributed by atoms with Gasteiger partial charge in [0.25, 0.3) is 0 Å². The molecule has 0 saturated heterocycles. The molecule has 3 N–H and O–H groups in total. The zero-order chi connectivity index (χ0) is 12.8. The molecule has 1 aromatic carbocycles. The van der Waals surface area contributed by atoms with E-state index in [2.05, 4.69) is 42.6 Å². The second-order valence-electron chi connectivity index (χ2n) is 5.65. The van der Waals surface area contributed by atoms with Crippen LogP contribution in [0, 0.1) is 0 Å². The average Bonchev–Trinajstić information content (AvgIpc) is 2.37. The van der Waals surface area contributed by atoms with Gasteiger partial charge in [0.2, 0.25) is 0 Å². The zero-order valence-corrected chi connectivity index (χ0v) is 11.5. The van der Waals surface area contributed by atoms with Crippen molar-refractivity contribution in [2.24, 2.45) is 5.73 Å². The maximum Gasteiger partial charge on any atom is 0.0179 e. The van der Waals surface area contributed by atoms with Crippen LogP contribution in [0.25, 0.3) is 0 Å². The SMILES string of the molecule is CCC1(NC[C@@H](N)CCc2ccccc2)CCC1. The van der Waals surface area contributed by atoms with E-state index in [-0.39, 0.29) is 6.04 Å². The number of aryl methyl sites for hydroxylation is 1. The fourth-order valence-electron chi connectivity index (χ4n) is 2.71. The van der Waals surface area contributed by atoms with Gasteiger partial charge in [-0.1, -0.05) is 37.3 Å². The molecule has 2 nitrogen and oxygen atoms in total. The van der Waals surface area contributed by atoms with Gasteiger partial charge in [0, 0.05) is 18.1 Å². The summed E-state index contributed by atoms with van der Waals surface area (Å²) >= 11 is 0. The molecule has 0 radical (unpaired) electrons. The molecule has 1 atom stereocenters. The fourth-order valence-corrected chi connectivity index (χ4v) is 2.71. The quantitative estimate of drug-likeness (QED) is 0.776. The molecule has 0 aromatic heterocycles. The predicted molar refractivity (Wildman–Crippen MR) is 77.6 cm³/mol. The molecule has 1 aromatic rings. The summed E-state index contributed by atoms with van der Waals surface area (Å²) in [6.45, 7) is 3.24. The number of hydrogen-bond acceptors (Lipinski definition) is 2. The molecule has 1 fully saturated rings. The van der Waals surface area contributed by atoms with Crippen LogP contribution >= 0.6 is 0 Å². The Kier molecular flexibility index (Phi) is 4.79. The highest BCUT2D eigenvalue weighted by Crippen LogP contribution is 2.34. The van der Waals surface area contributed by atoms with Gasteiger partial charge in [-0.25, -0.2) is 0 Å². The number of nitrogens with one attached hydrogen (secondary N) is 1. The van der Waals surface area contributed by atoms with Crippen LogP contribution in [0.4, 0.5) is 0 Å². The number of benzene rings is 1. The highest BCUT2D eigenvalue weighted by atomic mass is 15.0. The second kappa shape index (κ2) is 6.35. The van der Waals surface area contributed by atoms with Gasteiger partial charge in [-0.3, -0.25) is 0 Å². The first-order chi connectivity index (χ1) is 8.74. The van der Waals surface area contributed by atoms with Crippen LogP contribution in [-0.4, -0.2) is 18.1 Å². The van der Waals surface area contributed by atoms with Gasteiger partial charge >= 0.3 is 0 Å². The summed E-state index contributed by atoms with van der Waals surface area (Å²) in [5, 5.41) is 3.69. The molecule has 0 bridgehead atoms. The minimum absolute atomic E-state index is 0.272. The van der Waals surface area contributed by atoms with Crippen LogP contribution < -0.4 is 11.1 Å². The van der Waals surface area contributed by atoms with Gasteiger partial charge in [-0.05, 0) is 44.1 Å². The van der Waals surface area contributed by atoms with E-state index in [4.69, 9.17) is 5.73 Å². The van der Waals surface area contributed by atoms with E-state index in [9.17, 15) is 0 Å². The van der Waals surface area contributed by atoms with Gasteiger partial charge in [0.1, 0.15) is 0 Å². The molecule has 100 valence electrons. The molecule has 0 spiro atoms. The first-order valence-electron chi connectivity index (χ1n) is 7.29. The van der Waals surface area contributed by atoms with E-state index < -0.39 is 0 Å². The van der Waals surface area contributed by atoms with Gasteiger partial charge < -0.3 is 11.1 Å². The molecule has 0 amide bonds. The summed E-state index contributed by atoms with van der Waals surface area (Å²) in [7, 11) is 0. The summed E-state index contributed by atoms with van der Waals surface area (Å²) < 4.78 is 0. The summed E-state index contributed by atoms with van der Waals surface area (Å²) in [5.74, 6) is 0. The molecule has 2 heteroatoms.